The number of aliphatic imine (C=N–C) groups is 1. The lowest BCUT2D eigenvalue weighted by atomic mass is 9.79. The van der Waals surface area contributed by atoms with Crippen LogP contribution in [-0.4, -0.2) is 10.3 Å². The molecular formula is C23H20N2. The Kier molecular flexibility index (Phi) is 2.79. The van der Waals surface area contributed by atoms with Crippen LogP contribution in [0.1, 0.15) is 25.0 Å². The molecule has 0 unspecified atom stereocenters. The number of aryl methyl sites for hydroxylation is 1. The van der Waals surface area contributed by atoms with Crippen LogP contribution in [0, 0.1) is 0 Å². The molecule has 0 bridgehead atoms. The molecule has 0 amide bonds. The summed E-state index contributed by atoms with van der Waals surface area (Å²) in [7, 11) is 2.15. The minimum Gasteiger partial charge on any atom is -0.344 e. The van der Waals surface area contributed by atoms with Gasteiger partial charge in [0.15, 0.2) is 0 Å². The van der Waals surface area contributed by atoms with Gasteiger partial charge in [-0.1, -0.05) is 62.4 Å². The first-order valence-electron chi connectivity index (χ1n) is 8.73. The molecule has 4 aromatic rings. The van der Waals surface area contributed by atoms with Crippen molar-refractivity contribution in [3.63, 3.8) is 0 Å². The van der Waals surface area contributed by atoms with E-state index in [9.17, 15) is 0 Å². The Morgan fingerprint density at radius 1 is 0.800 bits per heavy atom. The minimum absolute atomic E-state index is 0.0959. The van der Waals surface area contributed by atoms with E-state index in [1.54, 1.807) is 0 Å². The number of aromatic nitrogens is 1. The predicted octanol–water partition coefficient (Wildman–Crippen LogP) is 5.74. The van der Waals surface area contributed by atoms with Gasteiger partial charge in [0.2, 0.25) is 0 Å². The highest BCUT2D eigenvalue weighted by molar-refractivity contribution is 6.15. The Morgan fingerprint density at radius 2 is 1.52 bits per heavy atom. The lowest BCUT2D eigenvalue weighted by Gasteiger charge is -2.22. The molecule has 3 aromatic carbocycles. The first-order chi connectivity index (χ1) is 12.1. The van der Waals surface area contributed by atoms with Gasteiger partial charge in [0.1, 0.15) is 0 Å². The van der Waals surface area contributed by atoms with E-state index in [4.69, 9.17) is 4.99 Å². The molecule has 0 spiro atoms. The van der Waals surface area contributed by atoms with E-state index in [1.165, 1.54) is 32.9 Å². The number of hydrogen-bond donors (Lipinski definition) is 0. The number of nitrogens with zero attached hydrogens (tertiary/aromatic N) is 2. The van der Waals surface area contributed by atoms with Crippen LogP contribution in [-0.2, 0) is 12.5 Å². The number of fused-ring (bicyclic) bond motifs is 4. The number of para-hydroxylation sites is 1. The van der Waals surface area contributed by atoms with Crippen molar-refractivity contribution in [2.24, 2.45) is 12.0 Å². The summed E-state index contributed by atoms with van der Waals surface area (Å²) in [6.45, 7) is 4.55. The summed E-state index contributed by atoms with van der Waals surface area (Å²) in [6.07, 6.45) is 0. The molecule has 0 fully saturated rings. The molecule has 2 nitrogen and oxygen atoms in total. The van der Waals surface area contributed by atoms with Gasteiger partial charge in [-0.3, -0.25) is 4.99 Å². The van der Waals surface area contributed by atoms with Gasteiger partial charge in [0.05, 0.1) is 11.4 Å². The monoisotopic (exact) mass is 324 g/mol. The smallest absolute Gasteiger partial charge is 0.0682 e. The molecule has 122 valence electrons. The van der Waals surface area contributed by atoms with Crippen LogP contribution in [0.3, 0.4) is 0 Å². The Bertz CT molecular complexity index is 1160. The van der Waals surface area contributed by atoms with Crippen molar-refractivity contribution < 1.29 is 0 Å². The fourth-order valence-electron chi connectivity index (χ4n) is 4.20. The third-order valence-electron chi connectivity index (χ3n) is 5.58. The third kappa shape index (κ3) is 1.88. The highest BCUT2D eigenvalue weighted by atomic mass is 14.9. The zero-order valence-electron chi connectivity index (χ0n) is 14.7. The van der Waals surface area contributed by atoms with Crippen molar-refractivity contribution in [3.05, 3.63) is 77.9 Å². The molecule has 0 N–H and O–H groups in total. The van der Waals surface area contributed by atoms with Crippen molar-refractivity contribution in [1.82, 2.24) is 4.57 Å². The van der Waals surface area contributed by atoms with Crippen molar-refractivity contribution in [3.8, 4) is 0 Å². The quantitative estimate of drug-likeness (QED) is 0.424. The summed E-state index contributed by atoms with van der Waals surface area (Å²) in [6, 6.07) is 23.7. The van der Waals surface area contributed by atoms with Gasteiger partial charge >= 0.3 is 0 Å². The molecule has 1 aliphatic rings. The molecule has 2 heteroatoms. The maximum Gasteiger partial charge on any atom is 0.0682 e. The number of hydrogen-bond acceptors (Lipinski definition) is 1. The number of benzene rings is 3. The molecule has 0 atom stereocenters. The maximum atomic E-state index is 5.05. The summed E-state index contributed by atoms with van der Waals surface area (Å²) in [5, 5.41) is 2.58. The van der Waals surface area contributed by atoms with E-state index >= 15 is 0 Å². The lowest BCUT2D eigenvalue weighted by Crippen LogP contribution is -2.26. The van der Waals surface area contributed by atoms with Crippen LogP contribution in [0.5, 0.6) is 0 Å². The molecule has 0 saturated heterocycles. The highest BCUT2D eigenvalue weighted by Crippen LogP contribution is 2.45. The van der Waals surface area contributed by atoms with Crippen molar-refractivity contribution in [2.75, 3.05) is 0 Å². The van der Waals surface area contributed by atoms with Gasteiger partial charge in [-0.2, -0.15) is 0 Å². The first-order valence-corrected chi connectivity index (χ1v) is 8.73. The van der Waals surface area contributed by atoms with Crippen molar-refractivity contribution in [1.29, 1.82) is 0 Å². The van der Waals surface area contributed by atoms with Gasteiger partial charge < -0.3 is 4.57 Å². The average molecular weight is 324 g/mol. The fraction of sp³-hybridized carbons (Fsp3) is 0.174. The van der Waals surface area contributed by atoms with Crippen LogP contribution in [0.15, 0.2) is 71.7 Å². The second kappa shape index (κ2) is 4.82. The second-order valence-electron chi connectivity index (χ2n) is 7.41. The molecule has 0 saturated carbocycles. The fourth-order valence-corrected chi connectivity index (χ4v) is 4.20. The summed E-state index contributed by atoms with van der Waals surface area (Å²) < 4.78 is 2.29. The summed E-state index contributed by atoms with van der Waals surface area (Å²) in [5.41, 5.74) is 7.22. The third-order valence-corrected chi connectivity index (χ3v) is 5.58. The molecule has 2 heterocycles. The topological polar surface area (TPSA) is 17.3 Å². The van der Waals surface area contributed by atoms with Crippen LogP contribution in [0.2, 0.25) is 0 Å². The molecule has 5 rings (SSSR count). The maximum absolute atomic E-state index is 5.05. The van der Waals surface area contributed by atoms with E-state index in [2.05, 4.69) is 92.2 Å². The van der Waals surface area contributed by atoms with E-state index < -0.39 is 0 Å². The zero-order valence-corrected chi connectivity index (χ0v) is 14.7. The van der Waals surface area contributed by atoms with Crippen LogP contribution in [0.4, 0.5) is 5.69 Å². The van der Waals surface area contributed by atoms with E-state index in [1.807, 2.05) is 0 Å². The molecule has 0 radical (unpaired) electrons. The molecule has 1 aromatic heterocycles. The van der Waals surface area contributed by atoms with Gasteiger partial charge in [-0.05, 0) is 29.3 Å². The van der Waals surface area contributed by atoms with Crippen LogP contribution in [0.25, 0.3) is 21.8 Å². The molecule has 0 aliphatic carbocycles. The van der Waals surface area contributed by atoms with E-state index in [0.717, 1.165) is 11.4 Å². The second-order valence-corrected chi connectivity index (χ2v) is 7.41. The molecule has 1 aliphatic heterocycles. The van der Waals surface area contributed by atoms with Crippen LogP contribution < -0.4 is 0 Å². The largest absolute Gasteiger partial charge is 0.344 e. The van der Waals surface area contributed by atoms with Gasteiger partial charge in [-0.15, -0.1) is 0 Å². The minimum atomic E-state index is -0.0959. The SMILES string of the molecule is Cn1c2ccccc2c2cc3c(cc21)C(C)(C)C(c1ccccc1)=N3. The van der Waals surface area contributed by atoms with E-state index in [0.29, 0.717) is 0 Å². The van der Waals surface area contributed by atoms with Gasteiger partial charge in [-0.25, -0.2) is 0 Å². The standard InChI is InChI=1S/C23H20N2/c1-23(2)18-14-21-17(16-11-7-8-12-20(16)25(21)3)13-19(18)24-22(23)15-9-5-4-6-10-15/h4-14H,1-3H3. The summed E-state index contributed by atoms with van der Waals surface area (Å²) in [4.78, 5) is 5.05. The molecule has 25 heavy (non-hydrogen) atoms. The average Bonchev–Trinajstić information content (AvgIpc) is 3.06. The normalized spacial score (nSPS) is 15.6. The van der Waals surface area contributed by atoms with Crippen molar-refractivity contribution in [2.45, 2.75) is 19.3 Å². The van der Waals surface area contributed by atoms with E-state index in [-0.39, 0.29) is 5.41 Å². The Labute approximate surface area is 147 Å². The Morgan fingerprint density at radius 3 is 2.32 bits per heavy atom. The molecular weight excluding hydrogens is 304 g/mol. The first kappa shape index (κ1) is 14.5. The highest BCUT2D eigenvalue weighted by Gasteiger charge is 2.36. The number of rotatable bonds is 1. The zero-order chi connectivity index (χ0) is 17.2. The van der Waals surface area contributed by atoms with Gasteiger partial charge in [0.25, 0.3) is 0 Å². The lowest BCUT2D eigenvalue weighted by molar-refractivity contribution is 0.738. The van der Waals surface area contributed by atoms with Crippen molar-refractivity contribution >= 4 is 33.2 Å². The van der Waals surface area contributed by atoms with Gasteiger partial charge in [0, 0.05) is 34.3 Å². The Hall–Kier alpha value is -2.87. The Balaban J connectivity index is 1.82. The van der Waals surface area contributed by atoms with Crippen LogP contribution >= 0.6 is 0 Å². The summed E-state index contributed by atoms with van der Waals surface area (Å²) >= 11 is 0. The predicted molar refractivity (Wildman–Crippen MR) is 106 cm³/mol. The summed E-state index contributed by atoms with van der Waals surface area (Å²) in [5.74, 6) is 0.